The van der Waals surface area contributed by atoms with Crippen LogP contribution in [0, 0.1) is 5.82 Å². The molecular formula is C11H9FN2O. The van der Waals surface area contributed by atoms with Gasteiger partial charge in [0.15, 0.2) is 0 Å². The van der Waals surface area contributed by atoms with E-state index >= 15 is 0 Å². The summed E-state index contributed by atoms with van der Waals surface area (Å²) in [6.07, 6.45) is 2.22. The number of rotatable bonds is 3. The molecule has 15 heavy (non-hydrogen) atoms. The van der Waals surface area contributed by atoms with Gasteiger partial charge in [0.2, 0.25) is 11.8 Å². The van der Waals surface area contributed by atoms with Crippen LogP contribution in [0.2, 0.25) is 0 Å². The Hall–Kier alpha value is -1.97. The van der Waals surface area contributed by atoms with Gasteiger partial charge in [-0.2, -0.15) is 0 Å². The second-order valence-electron chi connectivity index (χ2n) is 3.00. The van der Waals surface area contributed by atoms with Crippen molar-refractivity contribution in [1.29, 1.82) is 0 Å². The molecule has 2 aromatic rings. The molecule has 0 amide bonds. The summed E-state index contributed by atoms with van der Waals surface area (Å²) in [4.78, 5) is 0. The van der Waals surface area contributed by atoms with Gasteiger partial charge in [-0.05, 0) is 24.3 Å². The van der Waals surface area contributed by atoms with Gasteiger partial charge in [-0.15, -0.1) is 16.8 Å². The molecule has 1 aromatic heterocycles. The highest BCUT2D eigenvalue weighted by atomic mass is 19.1. The topological polar surface area (TPSA) is 38.9 Å². The fourth-order valence-electron chi connectivity index (χ4n) is 1.17. The average Bonchev–Trinajstić information content (AvgIpc) is 2.68. The molecule has 1 aromatic carbocycles. The van der Waals surface area contributed by atoms with E-state index in [-0.39, 0.29) is 5.82 Å². The molecule has 1 heterocycles. The first-order valence-electron chi connectivity index (χ1n) is 4.49. The Morgan fingerprint density at radius 2 is 2.00 bits per heavy atom. The van der Waals surface area contributed by atoms with Gasteiger partial charge < -0.3 is 4.42 Å². The first-order chi connectivity index (χ1) is 7.29. The third-order valence-electron chi connectivity index (χ3n) is 1.88. The van der Waals surface area contributed by atoms with Crippen molar-refractivity contribution in [2.75, 3.05) is 0 Å². The molecule has 76 valence electrons. The predicted molar refractivity (Wildman–Crippen MR) is 53.6 cm³/mol. The second-order valence-corrected chi connectivity index (χ2v) is 3.00. The Morgan fingerprint density at radius 3 is 2.67 bits per heavy atom. The molecule has 0 saturated heterocycles. The van der Waals surface area contributed by atoms with Crippen LogP contribution in [0.25, 0.3) is 11.5 Å². The van der Waals surface area contributed by atoms with E-state index in [2.05, 4.69) is 16.8 Å². The van der Waals surface area contributed by atoms with Crippen LogP contribution in [-0.4, -0.2) is 10.2 Å². The van der Waals surface area contributed by atoms with Gasteiger partial charge in [0, 0.05) is 12.0 Å². The molecule has 2 rings (SSSR count). The molecule has 0 atom stereocenters. The van der Waals surface area contributed by atoms with Gasteiger partial charge in [-0.3, -0.25) is 0 Å². The molecule has 0 aliphatic heterocycles. The van der Waals surface area contributed by atoms with E-state index in [1.807, 2.05) is 0 Å². The standard InChI is InChI=1S/C11H9FN2O/c1-2-3-10-13-14-11(15-10)8-4-6-9(12)7-5-8/h2,4-7H,1,3H2. The maximum Gasteiger partial charge on any atom is 0.247 e. The smallest absolute Gasteiger partial charge is 0.247 e. The van der Waals surface area contributed by atoms with E-state index in [1.165, 1.54) is 12.1 Å². The highest BCUT2D eigenvalue weighted by molar-refractivity contribution is 5.51. The summed E-state index contributed by atoms with van der Waals surface area (Å²) in [6, 6.07) is 5.90. The molecule has 0 saturated carbocycles. The summed E-state index contributed by atoms with van der Waals surface area (Å²) in [5.41, 5.74) is 0.708. The fourth-order valence-corrected chi connectivity index (χ4v) is 1.17. The predicted octanol–water partition coefficient (Wildman–Crippen LogP) is 2.60. The minimum atomic E-state index is -0.287. The maximum absolute atomic E-state index is 12.6. The zero-order chi connectivity index (χ0) is 10.7. The molecule has 0 radical (unpaired) electrons. The van der Waals surface area contributed by atoms with Crippen molar-refractivity contribution in [3.05, 3.63) is 48.6 Å². The number of nitrogens with zero attached hydrogens (tertiary/aromatic N) is 2. The first-order valence-corrected chi connectivity index (χ1v) is 4.49. The Bertz CT molecular complexity index is 462. The van der Waals surface area contributed by atoms with Gasteiger partial charge in [0.1, 0.15) is 5.82 Å². The normalized spacial score (nSPS) is 10.2. The number of aromatic nitrogens is 2. The van der Waals surface area contributed by atoms with Crippen LogP contribution in [0.3, 0.4) is 0 Å². The van der Waals surface area contributed by atoms with Gasteiger partial charge >= 0.3 is 0 Å². The van der Waals surface area contributed by atoms with Gasteiger partial charge in [-0.1, -0.05) is 6.08 Å². The van der Waals surface area contributed by atoms with Crippen LogP contribution < -0.4 is 0 Å². The number of hydrogen-bond donors (Lipinski definition) is 0. The SMILES string of the molecule is C=CCc1nnc(-c2ccc(F)cc2)o1. The molecule has 0 spiro atoms. The molecule has 0 aliphatic rings. The maximum atomic E-state index is 12.6. The molecule has 0 fully saturated rings. The Balaban J connectivity index is 2.28. The molecule has 4 heteroatoms. The van der Waals surface area contributed by atoms with Crippen molar-refractivity contribution in [2.24, 2.45) is 0 Å². The zero-order valence-electron chi connectivity index (χ0n) is 7.98. The lowest BCUT2D eigenvalue weighted by molar-refractivity contribution is 0.520. The minimum Gasteiger partial charge on any atom is -0.420 e. The molecule has 0 unspecified atom stereocenters. The number of benzene rings is 1. The van der Waals surface area contributed by atoms with Gasteiger partial charge in [0.05, 0.1) is 0 Å². The number of halogens is 1. The van der Waals surface area contributed by atoms with Crippen molar-refractivity contribution in [3.8, 4) is 11.5 Å². The third-order valence-corrected chi connectivity index (χ3v) is 1.88. The number of hydrogen-bond acceptors (Lipinski definition) is 3. The van der Waals surface area contributed by atoms with Crippen LogP contribution in [0.1, 0.15) is 5.89 Å². The largest absolute Gasteiger partial charge is 0.420 e. The van der Waals surface area contributed by atoms with E-state index < -0.39 is 0 Å². The monoisotopic (exact) mass is 204 g/mol. The lowest BCUT2D eigenvalue weighted by atomic mass is 10.2. The van der Waals surface area contributed by atoms with E-state index in [0.29, 0.717) is 23.8 Å². The van der Waals surface area contributed by atoms with Crippen LogP contribution in [0.15, 0.2) is 41.3 Å². The number of allylic oxidation sites excluding steroid dienone is 1. The fraction of sp³-hybridized carbons (Fsp3) is 0.0909. The summed E-state index contributed by atoms with van der Waals surface area (Å²) >= 11 is 0. The lowest BCUT2D eigenvalue weighted by Crippen LogP contribution is -1.78. The third kappa shape index (κ3) is 2.10. The second kappa shape index (κ2) is 4.04. The summed E-state index contributed by atoms with van der Waals surface area (Å²) in [5.74, 6) is 0.612. The molecule has 0 bridgehead atoms. The van der Waals surface area contributed by atoms with Crippen LogP contribution >= 0.6 is 0 Å². The Morgan fingerprint density at radius 1 is 1.27 bits per heavy atom. The van der Waals surface area contributed by atoms with Crippen molar-refractivity contribution in [2.45, 2.75) is 6.42 Å². The molecule has 0 N–H and O–H groups in total. The van der Waals surface area contributed by atoms with Gasteiger partial charge in [-0.25, -0.2) is 4.39 Å². The van der Waals surface area contributed by atoms with Crippen molar-refractivity contribution in [3.63, 3.8) is 0 Å². The summed E-state index contributed by atoms with van der Waals surface area (Å²) in [6.45, 7) is 3.57. The molecular weight excluding hydrogens is 195 g/mol. The summed E-state index contributed by atoms with van der Waals surface area (Å²) in [5, 5.41) is 7.67. The first kappa shape index (κ1) is 9.58. The van der Waals surface area contributed by atoms with Crippen LogP contribution in [-0.2, 0) is 6.42 Å². The highest BCUT2D eigenvalue weighted by Gasteiger charge is 2.06. The van der Waals surface area contributed by atoms with Crippen LogP contribution in [0.5, 0.6) is 0 Å². The van der Waals surface area contributed by atoms with E-state index in [9.17, 15) is 4.39 Å². The van der Waals surface area contributed by atoms with Crippen molar-refractivity contribution < 1.29 is 8.81 Å². The van der Waals surface area contributed by atoms with Crippen LogP contribution in [0.4, 0.5) is 4.39 Å². The average molecular weight is 204 g/mol. The molecule has 3 nitrogen and oxygen atoms in total. The van der Waals surface area contributed by atoms with Crippen molar-refractivity contribution >= 4 is 0 Å². The summed E-state index contributed by atoms with van der Waals surface area (Å²) < 4.78 is 18.0. The quantitative estimate of drug-likeness (QED) is 0.721. The Kier molecular flexibility index (Phi) is 2.58. The zero-order valence-corrected chi connectivity index (χ0v) is 7.98. The lowest BCUT2D eigenvalue weighted by Gasteiger charge is -1.93. The molecule has 0 aliphatic carbocycles. The minimum absolute atomic E-state index is 0.287. The van der Waals surface area contributed by atoms with E-state index in [4.69, 9.17) is 4.42 Å². The highest BCUT2D eigenvalue weighted by Crippen LogP contribution is 2.18. The van der Waals surface area contributed by atoms with E-state index in [1.54, 1.807) is 18.2 Å². The van der Waals surface area contributed by atoms with Gasteiger partial charge in [0.25, 0.3) is 0 Å². The van der Waals surface area contributed by atoms with E-state index in [0.717, 1.165) is 0 Å². The summed E-state index contributed by atoms with van der Waals surface area (Å²) in [7, 11) is 0. The van der Waals surface area contributed by atoms with Crippen molar-refractivity contribution in [1.82, 2.24) is 10.2 Å². The Labute approximate surface area is 86.3 Å².